The van der Waals surface area contributed by atoms with Crippen molar-refractivity contribution in [2.24, 2.45) is 11.7 Å². The van der Waals surface area contributed by atoms with Gasteiger partial charge in [-0.3, -0.25) is 4.79 Å². The third-order valence-corrected chi connectivity index (χ3v) is 5.26. The smallest absolute Gasteiger partial charge is 0.221 e. The van der Waals surface area contributed by atoms with Crippen molar-refractivity contribution < 1.29 is 17.6 Å². The average molecular weight is 300 g/mol. The second-order valence-electron chi connectivity index (χ2n) is 4.98. The Morgan fingerprint density at radius 1 is 1.35 bits per heavy atom. The van der Waals surface area contributed by atoms with Crippen molar-refractivity contribution in [3.05, 3.63) is 35.6 Å². The molecule has 0 spiro atoms. The fourth-order valence-corrected chi connectivity index (χ4v) is 3.92. The van der Waals surface area contributed by atoms with Crippen LogP contribution in [-0.2, 0) is 20.6 Å². The Morgan fingerprint density at radius 3 is 2.60 bits per heavy atom. The van der Waals surface area contributed by atoms with E-state index >= 15 is 0 Å². The van der Waals surface area contributed by atoms with Crippen molar-refractivity contribution in [2.75, 3.05) is 13.1 Å². The lowest BCUT2D eigenvalue weighted by atomic mass is 9.99. The summed E-state index contributed by atoms with van der Waals surface area (Å²) >= 11 is 0. The number of amides is 1. The van der Waals surface area contributed by atoms with Crippen LogP contribution in [0.5, 0.6) is 0 Å². The van der Waals surface area contributed by atoms with Crippen molar-refractivity contribution in [1.82, 2.24) is 4.31 Å². The molecule has 7 heteroatoms. The van der Waals surface area contributed by atoms with Crippen molar-refractivity contribution in [1.29, 1.82) is 0 Å². The SMILES string of the molecule is NC(=O)[C@@H]1CCCN(S(=O)(=O)Cc2ccc(F)cc2)C1. The fourth-order valence-electron chi connectivity index (χ4n) is 2.31. The van der Waals surface area contributed by atoms with Crippen LogP contribution in [0.15, 0.2) is 24.3 Å². The van der Waals surface area contributed by atoms with Gasteiger partial charge in [-0.05, 0) is 30.5 Å². The molecule has 2 rings (SSSR count). The number of primary amides is 1. The lowest BCUT2D eigenvalue weighted by Crippen LogP contribution is -2.44. The van der Waals surface area contributed by atoms with E-state index in [0.717, 1.165) is 0 Å². The summed E-state index contributed by atoms with van der Waals surface area (Å²) in [6, 6.07) is 5.35. The number of hydrogen-bond donors (Lipinski definition) is 1. The Morgan fingerprint density at radius 2 is 2.00 bits per heavy atom. The fraction of sp³-hybridized carbons (Fsp3) is 0.462. The second-order valence-corrected chi connectivity index (χ2v) is 6.95. The van der Waals surface area contributed by atoms with E-state index in [1.165, 1.54) is 28.6 Å². The summed E-state index contributed by atoms with van der Waals surface area (Å²) in [6.45, 7) is 0.534. The molecule has 1 aliphatic rings. The predicted molar refractivity (Wildman–Crippen MR) is 72.5 cm³/mol. The Labute approximate surface area is 117 Å². The first-order chi connectivity index (χ1) is 9.38. The Balaban J connectivity index is 2.09. The minimum Gasteiger partial charge on any atom is -0.369 e. The molecular weight excluding hydrogens is 283 g/mol. The number of carbonyl (C=O) groups is 1. The Kier molecular flexibility index (Phi) is 4.39. The minimum absolute atomic E-state index is 0.138. The topological polar surface area (TPSA) is 80.5 Å². The number of sulfonamides is 1. The first kappa shape index (κ1) is 14.9. The number of hydrogen-bond acceptors (Lipinski definition) is 3. The first-order valence-electron chi connectivity index (χ1n) is 6.40. The van der Waals surface area contributed by atoms with E-state index in [2.05, 4.69) is 0 Å². The van der Waals surface area contributed by atoms with Gasteiger partial charge in [0.25, 0.3) is 0 Å². The zero-order valence-electron chi connectivity index (χ0n) is 11.0. The van der Waals surface area contributed by atoms with Crippen molar-refractivity contribution in [2.45, 2.75) is 18.6 Å². The number of halogens is 1. The predicted octanol–water partition coefficient (Wildman–Crippen LogP) is 0.853. The summed E-state index contributed by atoms with van der Waals surface area (Å²) in [6.07, 6.45) is 1.24. The molecule has 1 saturated heterocycles. The van der Waals surface area contributed by atoms with Crippen molar-refractivity contribution in [3.8, 4) is 0 Å². The lowest BCUT2D eigenvalue weighted by molar-refractivity contribution is -0.122. The maximum Gasteiger partial charge on any atom is 0.221 e. The van der Waals surface area contributed by atoms with Gasteiger partial charge in [-0.25, -0.2) is 17.1 Å². The molecule has 1 heterocycles. The molecular formula is C13H17FN2O3S. The van der Waals surface area contributed by atoms with Gasteiger partial charge in [0.2, 0.25) is 15.9 Å². The summed E-state index contributed by atoms with van der Waals surface area (Å²) in [5, 5.41) is 0. The maximum absolute atomic E-state index is 12.8. The van der Waals surface area contributed by atoms with Gasteiger partial charge in [-0.1, -0.05) is 12.1 Å². The van der Waals surface area contributed by atoms with Gasteiger partial charge in [0.15, 0.2) is 0 Å². The zero-order chi connectivity index (χ0) is 14.8. The highest BCUT2D eigenvalue weighted by molar-refractivity contribution is 7.88. The standard InChI is InChI=1S/C13H17FN2O3S/c14-12-5-3-10(4-6-12)9-20(18,19)16-7-1-2-11(8-16)13(15)17/h3-6,11H,1-2,7-9H2,(H2,15,17)/t11-/m1/s1. The molecule has 0 bridgehead atoms. The summed E-state index contributed by atoms with van der Waals surface area (Å²) in [5.74, 6) is -1.49. The molecule has 1 atom stereocenters. The van der Waals surface area contributed by atoms with E-state index in [4.69, 9.17) is 5.73 Å². The molecule has 1 aromatic rings. The summed E-state index contributed by atoms with van der Waals surface area (Å²) < 4.78 is 38.7. The normalized spacial score (nSPS) is 20.8. The highest BCUT2D eigenvalue weighted by atomic mass is 32.2. The average Bonchev–Trinajstić information content (AvgIpc) is 2.41. The first-order valence-corrected chi connectivity index (χ1v) is 8.01. The molecule has 1 aliphatic heterocycles. The van der Waals surface area contributed by atoms with Gasteiger partial charge in [0.05, 0.1) is 11.7 Å². The van der Waals surface area contributed by atoms with Crippen LogP contribution in [0.25, 0.3) is 0 Å². The quantitative estimate of drug-likeness (QED) is 0.895. The molecule has 20 heavy (non-hydrogen) atoms. The Bertz CT molecular complexity index is 586. The summed E-state index contributed by atoms with van der Waals surface area (Å²) in [7, 11) is -3.51. The van der Waals surface area contributed by atoms with Crippen LogP contribution >= 0.6 is 0 Å². The van der Waals surface area contributed by atoms with E-state index in [0.29, 0.717) is 24.9 Å². The summed E-state index contributed by atoms with van der Waals surface area (Å²) in [5.41, 5.74) is 5.76. The monoisotopic (exact) mass is 300 g/mol. The molecule has 0 aromatic heterocycles. The van der Waals surface area contributed by atoms with Gasteiger partial charge < -0.3 is 5.73 Å². The highest BCUT2D eigenvalue weighted by Gasteiger charge is 2.31. The van der Waals surface area contributed by atoms with Gasteiger partial charge in [0.1, 0.15) is 5.82 Å². The van der Waals surface area contributed by atoms with Crippen LogP contribution in [0, 0.1) is 11.7 Å². The second kappa shape index (κ2) is 5.88. The third-order valence-electron chi connectivity index (χ3n) is 3.44. The lowest BCUT2D eigenvalue weighted by Gasteiger charge is -2.30. The molecule has 1 amide bonds. The summed E-state index contributed by atoms with van der Waals surface area (Å²) in [4.78, 5) is 11.2. The Hall–Kier alpha value is -1.47. The number of benzene rings is 1. The van der Waals surface area contributed by atoms with Gasteiger partial charge >= 0.3 is 0 Å². The van der Waals surface area contributed by atoms with E-state index < -0.39 is 27.7 Å². The largest absolute Gasteiger partial charge is 0.369 e. The number of piperidine rings is 1. The van der Waals surface area contributed by atoms with Gasteiger partial charge in [0, 0.05) is 13.1 Å². The zero-order valence-corrected chi connectivity index (χ0v) is 11.8. The molecule has 1 aromatic carbocycles. The minimum atomic E-state index is -3.51. The number of nitrogens with two attached hydrogens (primary N) is 1. The van der Waals surface area contributed by atoms with E-state index in [1.807, 2.05) is 0 Å². The van der Waals surface area contributed by atoms with Crippen LogP contribution in [-0.4, -0.2) is 31.7 Å². The van der Waals surface area contributed by atoms with Gasteiger partial charge in [-0.15, -0.1) is 0 Å². The van der Waals surface area contributed by atoms with Crippen LogP contribution in [0.2, 0.25) is 0 Å². The van der Waals surface area contributed by atoms with E-state index in [9.17, 15) is 17.6 Å². The number of carbonyl (C=O) groups excluding carboxylic acids is 1. The van der Waals surface area contributed by atoms with Gasteiger partial charge in [-0.2, -0.15) is 0 Å². The van der Waals surface area contributed by atoms with E-state index in [-0.39, 0.29) is 12.3 Å². The molecule has 110 valence electrons. The van der Waals surface area contributed by atoms with Crippen molar-refractivity contribution >= 4 is 15.9 Å². The molecule has 5 nitrogen and oxygen atoms in total. The molecule has 0 saturated carbocycles. The van der Waals surface area contributed by atoms with Crippen LogP contribution < -0.4 is 5.73 Å². The molecule has 2 N–H and O–H groups in total. The van der Waals surface area contributed by atoms with Crippen LogP contribution in [0.4, 0.5) is 4.39 Å². The third kappa shape index (κ3) is 3.55. The number of rotatable bonds is 4. The molecule has 0 unspecified atom stereocenters. The van der Waals surface area contributed by atoms with Crippen LogP contribution in [0.3, 0.4) is 0 Å². The number of nitrogens with zero attached hydrogens (tertiary/aromatic N) is 1. The van der Waals surface area contributed by atoms with E-state index in [1.54, 1.807) is 0 Å². The maximum atomic E-state index is 12.8. The highest BCUT2D eigenvalue weighted by Crippen LogP contribution is 2.21. The molecule has 1 fully saturated rings. The molecule has 0 aliphatic carbocycles. The van der Waals surface area contributed by atoms with Crippen molar-refractivity contribution in [3.63, 3.8) is 0 Å². The molecule has 0 radical (unpaired) electrons. The van der Waals surface area contributed by atoms with Crippen LogP contribution in [0.1, 0.15) is 18.4 Å².